The Kier molecular flexibility index (Phi) is 5.35. The van der Waals surface area contributed by atoms with Crippen molar-refractivity contribution in [3.8, 4) is 10.8 Å². The number of carbonyl (C=O) groups is 1. The number of aliphatic hydroxyl groups is 1. The van der Waals surface area contributed by atoms with E-state index in [9.17, 15) is 9.90 Å². The first-order valence-electron chi connectivity index (χ1n) is 6.75. The van der Waals surface area contributed by atoms with Gasteiger partial charge in [0.15, 0.2) is 10.8 Å². The molecule has 21 heavy (non-hydrogen) atoms. The van der Waals surface area contributed by atoms with Crippen LogP contribution in [0.4, 0.5) is 0 Å². The number of hydrogen-bond donors (Lipinski definition) is 2. The van der Waals surface area contributed by atoms with Gasteiger partial charge >= 0.3 is 0 Å². The summed E-state index contributed by atoms with van der Waals surface area (Å²) in [6.45, 7) is 4.28. The fourth-order valence-corrected chi connectivity index (χ4v) is 2.56. The molecule has 112 valence electrons. The molecule has 2 aromatic rings. The van der Waals surface area contributed by atoms with Crippen molar-refractivity contribution in [2.24, 2.45) is 5.92 Å². The molecule has 7 heteroatoms. The third kappa shape index (κ3) is 4.57. The molecule has 0 saturated heterocycles. The monoisotopic (exact) mass is 306 g/mol. The van der Waals surface area contributed by atoms with Crippen molar-refractivity contribution in [2.75, 3.05) is 6.54 Å². The van der Waals surface area contributed by atoms with Crippen molar-refractivity contribution in [2.45, 2.75) is 26.4 Å². The Morgan fingerprint density at radius 1 is 1.38 bits per heavy atom. The maximum Gasteiger partial charge on any atom is 0.270 e. The van der Waals surface area contributed by atoms with Gasteiger partial charge in [-0.2, -0.15) is 0 Å². The number of thiazole rings is 1. The van der Waals surface area contributed by atoms with Crippen LogP contribution in [0.2, 0.25) is 0 Å². The van der Waals surface area contributed by atoms with Crippen molar-refractivity contribution in [1.82, 2.24) is 20.3 Å². The molecule has 2 aromatic heterocycles. The lowest BCUT2D eigenvalue weighted by molar-refractivity contribution is 0.0896. The minimum Gasteiger partial charge on any atom is -0.391 e. The van der Waals surface area contributed by atoms with Crippen LogP contribution in [-0.2, 0) is 0 Å². The summed E-state index contributed by atoms with van der Waals surface area (Å²) in [5, 5.41) is 14.7. The summed E-state index contributed by atoms with van der Waals surface area (Å²) in [5.74, 6) is 0.593. The van der Waals surface area contributed by atoms with Crippen molar-refractivity contribution in [1.29, 1.82) is 0 Å². The largest absolute Gasteiger partial charge is 0.391 e. The van der Waals surface area contributed by atoms with Crippen LogP contribution in [0, 0.1) is 5.92 Å². The summed E-state index contributed by atoms with van der Waals surface area (Å²) in [4.78, 5) is 24.4. The molecule has 1 unspecified atom stereocenters. The van der Waals surface area contributed by atoms with E-state index in [1.807, 2.05) is 13.8 Å². The van der Waals surface area contributed by atoms with E-state index in [1.165, 1.54) is 11.3 Å². The van der Waals surface area contributed by atoms with Gasteiger partial charge in [0, 0.05) is 24.3 Å². The predicted octanol–water partition coefficient (Wildman–Crippen LogP) is 1.74. The van der Waals surface area contributed by atoms with Crippen molar-refractivity contribution in [3.63, 3.8) is 0 Å². The second kappa shape index (κ2) is 7.24. The quantitative estimate of drug-likeness (QED) is 0.848. The molecule has 0 radical (unpaired) electrons. The predicted molar refractivity (Wildman–Crippen MR) is 80.9 cm³/mol. The van der Waals surface area contributed by atoms with Crippen LogP contribution >= 0.6 is 11.3 Å². The van der Waals surface area contributed by atoms with E-state index < -0.39 is 6.10 Å². The molecule has 1 amide bonds. The van der Waals surface area contributed by atoms with E-state index in [4.69, 9.17) is 0 Å². The van der Waals surface area contributed by atoms with Crippen LogP contribution in [0.1, 0.15) is 30.8 Å². The molecule has 0 aliphatic carbocycles. The molecule has 2 N–H and O–H groups in total. The first kappa shape index (κ1) is 15.5. The van der Waals surface area contributed by atoms with Gasteiger partial charge in [-0.1, -0.05) is 13.8 Å². The molecule has 0 fully saturated rings. The van der Waals surface area contributed by atoms with Crippen molar-refractivity contribution >= 4 is 17.2 Å². The van der Waals surface area contributed by atoms with E-state index in [1.54, 1.807) is 23.8 Å². The van der Waals surface area contributed by atoms with E-state index in [0.29, 0.717) is 28.9 Å². The van der Waals surface area contributed by atoms with E-state index in [-0.39, 0.29) is 12.5 Å². The smallest absolute Gasteiger partial charge is 0.270 e. The topological polar surface area (TPSA) is 88.0 Å². The zero-order valence-corrected chi connectivity index (χ0v) is 12.8. The summed E-state index contributed by atoms with van der Waals surface area (Å²) < 4.78 is 0. The number of aliphatic hydroxyl groups excluding tert-OH is 1. The first-order chi connectivity index (χ1) is 10.1. The Morgan fingerprint density at radius 2 is 2.10 bits per heavy atom. The maximum absolute atomic E-state index is 12.0. The summed E-state index contributed by atoms with van der Waals surface area (Å²) in [5.41, 5.74) is 0.319. The van der Waals surface area contributed by atoms with Gasteiger partial charge < -0.3 is 10.4 Å². The molecule has 2 rings (SSSR count). The normalized spacial score (nSPS) is 12.4. The lowest BCUT2D eigenvalue weighted by atomic mass is 10.1. The Labute approximate surface area is 127 Å². The van der Waals surface area contributed by atoms with Gasteiger partial charge in [-0.3, -0.25) is 4.79 Å². The molecule has 0 aromatic carbocycles. The summed E-state index contributed by atoms with van der Waals surface area (Å²) in [6, 6.07) is 1.72. The number of hydrogen-bond acceptors (Lipinski definition) is 6. The van der Waals surface area contributed by atoms with Gasteiger partial charge in [0.05, 0.1) is 6.10 Å². The average molecular weight is 306 g/mol. The van der Waals surface area contributed by atoms with Gasteiger partial charge in [0.2, 0.25) is 0 Å². The van der Waals surface area contributed by atoms with E-state index in [2.05, 4.69) is 20.3 Å². The molecular weight excluding hydrogens is 288 g/mol. The van der Waals surface area contributed by atoms with Crippen molar-refractivity contribution < 1.29 is 9.90 Å². The third-order valence-electron chi connectivity index (χ3n) is 2.74. The zero-order chi connectivity index (χ0) is 15.2. The number of aromatic nitrogens is 3. The summed E-state index contributed by atoms with van der Waals surface area (Å²) in [6.07, 6.45) is 3.38. The van der Waals surface area contributed by atoms with Gasteiger partial charge in [0.1, 0.15) is 5.69 Å². The number of nitrogens with zero attached hydrogens (tertiary/aromatic N) is 3. The van der Waals surface area contributed by atoms with Gasteiger partial charge in [0.25, 0.3) is 5.91 Å². The fourth-order valence-electron chi connectivity index (χ4n) is 1.82. The van der Waals surface area contributed by atoms with Crippen molar-refractivity contribution in [3.05, 3.63) is 29.5 Å². The standard InChI is InChI=1S/C14H18N4O2S/c1-9(2)6-10(19)7-17-13(20)11-8-21-14(18-11)12-15-4-3-5-16-12/h3-5,8-10,19H,6-7H2,1-2H3,(H,17,20). The van der Waals surface area contributed by atoms with E-state index >= 15 is 0 Å². The SMILES string of the molecule is CC(C)CC(O)CNC(=O)c1csc(-c2ncccn2)n1. The first-order valence-corrected chi connectivity index (χ1v) is 7.63. The number of rotatable bonds is 6. The molecule has 0 aliphatic heterocycles. The van der Waals surface area contributed by atoms with Gasteiger partial charge in [-0.15, -0.1) is 11.3 Å². The second-order valence-electron chi connectivity index (χ2n) is 5.10. The Morgan fingerprint density at radius 3 is 2.76 bits per heavy atom. The number of amides is 1. The molecule has 1 atom stereocenters. The Balaban J connectivity index is 1.93. The molecule has 2 heterocycles. The number of carbonyl (C=O) groups excluding carboxylic acids is 1. The van der Waals surface area contributed by atoms with Gasteiger partial charge in [-0.05, 0) is 18.4 Å². The highest BCUT2D eigenvalue weighted by Gasteiger charge is 2.14. The minimum atomic E-state index is -0.537. The Hall–Kier alpha value is -1.86. The molecule has 0 saturated carbocycles. The highest BCUT2D eigenvalue weighted by atomic mass is 32.1. The average Bonchev–Trinajstić information content (AvgIpc) is 2.95. The van der Waals surface area contributed by atoms with Crippen LogP contribution in [0.25, 0.3) is 10.8 Å². The fraction of sp³-hybridized carbons (Fsp3) is 0.429. The van der Waals surface area contributed by atoms with Gasteiger partial charge in [-0.25, -0.2) is 15.0 Å². The molecule has 0 spiro atoms. The molecule has 6 nitrogen and oxygen atoms in total. The molecule has 0 bridgehead atoms. The van der Waals surface area contributed by atoms with E-state index in [0.717, 1.165) is 0 Å². The summed E-state index contributed by atoms with van der Waals surface area (Å²) >= 11 is 1.32. The molecular formula is C14H18N4O2S. The second-order valence-corrected chi connectivity index (χ2v) is 5.96. The van der Waals surface area contributed by atoms with Crippen LogP contribution in [0.15, 0.2) is 23.8 Å². The highest BCUT2D eigenvalue weighted by Crippen LogP contribution is 2.19. The summed E-state index contributed by atoms with van der Waals surface area (Å²) in [7, 11) is 0. The van der Waals surface area contributed by atoms with Crippen LogP contribution in [-0.4, -0.2) is 38.6 Å². The van der Waals surface area contributed by atoms with Crippen LogP contribution < -0.4 is 5.32 Å². The lowest BCUT2D eigenvalue weighted by Crippen LogP contribution is -2.32. The highest BCUT2D eigenvalue weighted by molar-refractivity contribution is 7.13. The third-order valence-corrected chi connectivity index (χ3v) is 3.57. The minimum absolute atomic E-state index is 0.228. The maximum atomic E-state index is 12.0. The Bertz CT molecular complexity index is 586. The zero-order valence-electron chi connectivity index (χ0n) is 12.0. The molecule has 0 aliphatic rings. The van der Waals surface area contributed by atoms with Crippen LogP contribution in [0.5, 0.6) is 0 Å². The number of nitrogens with one attached hydrogen (secondary N) is 1. The van der Waals surface area contributed by atoms with Crippen LogP contribution in [0.3, 0.4) is 0 Å². The lowest BCUT2D eigenvalue weighted by Gasteiger charge is -2.13.